The van der Waals surface area contributed by atoms with Crippen LogP contribution in [0.15, 0.2) is 21.3 Å². The van der Waals surface area contributed by atoms with Crippen LogP contribution in [0.1, 0.15) is 10.5 Å². The molecular formula is C13H10BrN3O2S2. The highest BCUT2D eigenvalue weighted by Crippen LogP contribution is 2.31. The third-order valence-electron chi connectivity index (χ3n) is 2.31. The van der Waals surface area contributed by atoms with E-state index < -0.39 is 0 Å². The van der Waals surface area contributed by atoms with E-state index in [1.165, 1.54) is 11.3 Å². The number of halogens is 1. The van der Waals surface area contributed by atoms with Gasteiger partial charge in [0.25, 0.3) is 5.91 Å². The number of hydrogen-bond acceptors (Lipinski definition) is 5. The van der Waals surface area contributed by atoms with Crippen LogP contribution in [0.3, 0.4) is 0 Å². The molecule has 2 rings (SSSR count). The predicted octanol–water partition coefficient (Wildman–Crippen LogP) is 2.11. The predicted molar refractivity (Wildman–Crippen MR) is 87.3 cm³/mol. The Bertz CT molecular complexity index is 702. The van der Waals surface area contributed by atoms with Gasteiger partial charge >= 0.3 is 0 Å². The second-order valence-electron chi connectivity index (χ2n) is 3.83. The second-order valence-corrected chi connectivity index (χ2v) is 6.52. The van der Waals surface area contributed by atoms with Crippen molar-refractivity contribution in [3.63, 3.8) is 0 Å². The van der Waals surface area contributed by atoms with Crippen LogP contribution in [0.25, 0.3) is 9.88 Å². The van der Waals surface area contributed by atoms with Gasteiger partial charge in [0.15, 0.2) is 0 Å². The van der Waals surface area contributed by atoms with Crippen molar-refractivity contribution in [1.29, 1.82) is 0 Å². The highest BCUT2D eigenvalue weighted by molar-refractivity contribution is 9.10. The van der Waals surface area contributed by atoms with Crippen molar-refractivity contribution in [2.24, 2.45) is 0 Å². The lowest BCUT2D eigenvalue weighted by Gasteiger charge is -2.02. The van der Waals surface area contributed by atoms with Crippen LogP contribution in [0.2, 0.25) is 0 Å². The first kappa shape index (κ1) is 15.7. The zero-order valence-corrected chi connectivity index (χ0v) is 13.9. The van der Waals surface area contributed by atoms with E-state index in [1.54, 1.807) is 16.7 Å². The lowest BCUT2D eigenvalue weighted by molar-refractivity contribution is -0.119. The topological polar surface area (TPSA) is 71.1 Å². The quantitative estimate of drug-likeness (QED) is 0.776. The van der Waals surface area contributed by atoms with Gasteiger partial charge in [-0.05, 0) is 22.0 Å². The van der Waals surface area contributed by atoms with Crippen LogP contribution in [0.5, 0.6) is 0 Å². The molecule has 8 heteroatoms. The molecule has 5 nitrogen and oxygen atoms in total. The summed E-state index contributed by atoms with van der Waals surface area (Å²) in [6.07, 6.45) is 5.02. The minimum Gasteiger partial charge on any atom is -0.344 e. The minimum atomic E-state index is -0.385. The van der Waals surface area contributed by atoms with Gasteiger partial charge in [0.05, 0.1) is 18.0 Å². The monoisotopic (exact) mass is 383 g/mol. The van der Waals surface area contributed by atoms with E-state index in [4.69, 9.17) is 6.42 Å². The van der Waals surface area contributed by atoms with E-state index >= 15 is 0 Å². The number of nitrogens with one attached hydrogen (secondary N) is 2. The summed E-state index contributed by atoms with van der Waals surface area (Å²) in [5, 5.41) is 9.34. The van der Waals surface area contributed by atoms with Crippen molar-refractivity contribution in [3.05, 3.63) is 27.0 Å². The van der Waals surface area contributed by atoms with Crippen LogP contribution in [0, 0.1) is 12.3 Å². The zero-order valence-electron chi connectivity index (χ0n) is 10.7. The largest absolute Gasteiger partial charge is 0.344 e. The number of carbonyl (C=O) groups is 2. The number of hydrogen-bond donors (Lipinski definition) is 2. The van der Waals surface area contributed by atoms with Crippen LogP contribution in [0.4, 0.5) is 0 Å². The molecule has 2 aromatic heterocycles. The first-order chi connectivity index (χ1) is 10.1. The number of nitrogens with zero attached hydrogens (tertiary/aromatic N) is 1. The molecule has 2 heterocycles. The summed E-state index contributed by atoms with van der Waals surface area (Å²) in [5.74, 6) is 1.56. The number of amides is 2. The molecule has 2 amide bonds. The van der Waals surface area contributed by atoms with Crippen molar-refractivity contribution < 1.29 is 9.59 Å². The maximum atomic E-state index is 11.9. The van der Waals surface area contributed by atoms with Crippen molar-refractivity contribution in [3.8, 4) is 22.2 Å². The van der Waals surface area contributed by atoms with Gasteiger partial charge in [-0.2, -0.15) is 0 Å². The average molecular weight is 384 g/mol. The van der Waals surface area contributed by atoms with Crippen LogP contribution in [-0.4, -0.2) is 29.9 Å². The van der Waals surface area contributed by atoms with Gasteiger partial charge in [0, 0.05) is 15.2 Å². The highest BCUT2D eigenvalue weighted by Gasteiger charge is 2.13. The Kier molecular flexibility index (Phi) is 5.50. The van der Waals surface area contributed by atoms with Crippen molar-refractivity contribution in [1.82, 2.24) is 15.6 Å². The number of rotatable bonds is 5. The maximum Gasteiger partial charge on any atom is 0.271 e. The van der Waals surface area contributed by atoms with Crippen molar-refractivity contribution in [2.75, 3.05) is 13.1 Å². The Morgan fingerprint density at radius 2 is 2.14 bits per heavy atom. The second kappa shape index (κ2) is 7.36. The number of thiophene rings is 1. The molecule has 0 fully saturated rings. The number of carbonyl (C=O) groups excluding carboxylic acids is 2. The number of thiazole rings is 1. The van der Waals surface area contributed by atoms with Gasteiger partial charge in [-0.3, -0.25) is 9.59 Å². The molecule has 0 atom stereocenters. The van der Waals surface area contributed by atoms with Gasteiger partial charge < -0.3 is 10.6 Å². The van der Waals surface area contributed by atoms with Crippen molar-refractivity contribution in [2.45, 2.75) is 0 Å². The summed E-state index contributed by atoms with van der Waals surface area (Å²) >= 11 is 6.30. The molecule has 21 heavy (non-hydrogen) atoms. The summed E-state index contributed by atoms with van der Waals surface area (Å²) in [5.41, 5.74) is 0.296. The molecule has 0 spiro atoms. The van der Waals surface area contributed by atoms with Gasteiger partial charge in [-0.25, -0.2) is 4.98 Å². The van der Waals surface area contributed by atoms with Crippen LogP contribution in [-0.2, 0) is 4.79 Å². The van der Waals surface area contributed by atoms with E-state index in [-0.39, 0.29) is 24.9 Å². The van der Waals surface area contributed by atoms with Gasteiger partial charge in [-0.15, -0.1) is 29.1 Å². The molecular weight excluding hydrogens is 374 g/mol. The molecule has 2 aromatic rings. The Labute approximate surface area is 137 Å². The molecule has 2 N–H and O–H groups in total. The Morgan fingerprint density at radius 1 is 1.33 bits per heavy atom. The third-order valence-corrected chi connectivity index (χ3v) is 5.01. The number of aromatic nitrogens is 1. The fourth-order valence-electron chi connectivity index (χ4n) is 1.38. The normalized spacial score (nSPS) is 9.90. The smallest absolute Gasteiger partial charge is 0.271 e. The van der Waals surface area contributed by atoms with Gasteiger partial charge in [-0.1, -0.05) is 5.92 Å². The Balaban J connectivity index is 1.93. The highest BCUT2D eigenvalue weighted by atomic mass is 79.9. The molecule has 0 saturated heterocycles. The Morgan fingerprint density at radius 3 is 2.81 bits per heavy atom. The van der Waals surface area contributed by atoms with Crippen LogP contribution >= 0.6 is 38.6 Å². The molecule has 0 radical (unpaired) electrons. The molecule has 0 unspecified atom stereocenters. The van der Waals surface area contributed by atoms with Gasteiger partial charge in [0.2, 0.25) is 5.91 Å². The summed E-state index contributed by atoms with van der Waals surface area (Å²) in [6, 6.07) is 1.94. The lowest BCUT2D eigenvalue weighted by Crippen LogP contribution is -2.37. The first-order valence-corrected chi connectivity index (χ1v) is 8.33. The summed E-state index contributed by atoms with van der Waals surface area (Å²) < 4.78 is 0.980. The van der Waals surface area contributed by atoms with Crippen molar-refractivity contribution >= 4 is 50.4 Å². The number of terminal acetylenes is 1. The molecule has 0 aromatic carbocycles. The van der Waals surface area contributed by atoms with E-state index in [9.17, 15) is 9.59 Å². The van der Waals surface area contributed by atoms with E-state index in [0.717, 1.165) is 14.4 Å². The summed E-state index contributed by atoms with van der Waals surface area (Å²) in [7, 11) is 0. The average Bonchev–Trinajstić information content (AvgIpc) is 3.11. The van der Waals surface area contributed by atoms with Crippen LogP contribution < -0.4 is 10.6 Å². The summed E-state index contributed by atoms with van der Waals surface area (Å²) in [4.78, 5) is 28.5. The fourth-order valence-corrected chi connectivity index (χ4v) is 3.69. The minimum absolute atomic E-state index is 0.127. The molecule has 0 aliphatic carbocycles. The zero-order chi connectivity index (χ0) is 15.2. The molecule has 0 aliphatic rings. The third kappa shape index (κ3) is 4.39. The lowest BCUT2D eigenvalue weighted by atomic mass is 10.4. The van der Waals surface area contributed by atoms with E-state index in [2.05, 4.69) is 37.5 Å². The maximum absolute atomic E-state index is 11.9. The molecule has 0 aliphatic heterocycles. The SMILES string of the molecule is C#CCNC(=O)CNC(=O)c1csc(-c2cc(Br)cs2)n1. The molecule has 0 bridgehead atoms. The molecule has 108 valence electrons. The van der Waals surface area contributed by atoms with E-state index in [0.29, 0.717) is 5.69 Å². The first-order valence-electron chi connectivity index (χ1n) is 5.78. The van der Waals surface area contributed by atoms with E-state index in [1.807, 2.05) is 11.4 Å². The summed E-state index contributed by atoms with van der Waals surface area (Å²) in [6.45, 7) is 0.0146. The molecule has 0 saturated carbocycles. The Hall–Kier alpha value is -1.69. The van der Waals surface area contributed by atoms with Gasteiger partial charge in [0.1, 0.15) is 10.7 Å². The standard InChI is InChI=1S/C13H10BrN3O2S2/c1-2-3-15-11(18)5-16-12(19)9-7-21-13(17-9)10-4-8(14)6-20-10/h1,4,6-7H,3,5H2,(H,15,18)(H,16,19). The fraction of sp³-hybridized carbons (Fsp3) is 0.154.